The number of carbonyl (C=O) groups is 2. The number of rotatable bonds is 3. The molecule has 0 aliphatic heterocycles. The topological polar surface area (TPSA) is 34.1 Å². The molecule has 0 bridgehead atoms. The van der Waals surface area contributed by atoms with Crippen molar-refractivity contribution in [2.24, 2.45) is 5.41 Å². The Labute approximate surface area is 114 Å². The molecule has 0 aliphatic rings. The molecule has 0 unspecified atom stereocenters. The number of ketones is 2. The molecule has 0 fully saturated rings. The lowest BCUT2D eigenvalue weighted by atomic mass is 9.85. The average Bonchev–Trinajstić information content (AvgIpc) is 2.24. The van der Waals surface area contributed by atoms with Gasteiger partial charge >= 0.3 is 0 Å². The summed E-state index contributed by atoms with van der Waals surface area (Å²) in [6.45, 7) is 9.10. The molecule has 0 heterocycles. The molecule has 18 heavy (non-hydrogen) atoms. The maximum absolute atomic E-state index is 12.2. The Bertz CT molecular complexity index is 435. The summed E-state index contributed by atoms with van der Waals surface area (Å²) in [7, 11) is 0. The quantitative estimate of drug-likeness (QED) is 0.665. The van der Waals surface area contributed by atoms with Crippen LogP contribution >= 0.6 is 12.6 Å². The van der Waals surface area contributed by atoms with E-state index in [0.717, 1.165) is 0 Å². The van der Waals surface area contributed by atoms with Crippen molar-refractivity contribution in [3.05, 3.63) is 35.4 Å². The van der Waals surface area contributed by atoms with E-state index in [0.29, 0.717) is 11.1 Å². The van der Waals surface area contributed by atoms with Crippen LogP contribution in [0.4, 0.5) is 0 Å². The summed E-state index contributed by atoms with van der Waals surface area (Å²) >= 11 is 4.27. The lowest BCUT2D eigenvalue weighted by Crippen LogP contribution is -2.26. The maximum Gasteiger partial charge on any atom is 0.178 e. The lowest BCUT2D eigenvalue weighted by Gasteiger charge is -2.19. The van der Waals surface area contributed by atoms with Gasteiger partial charge in [-0.05, 0) is 19.9 Å². The summed E-state index contributed by atoms with van der Waals surface area (Å²) in [5.74, 6) is -0.0384. The monoisotopic (exact) mass is 264 g/mol. The van der Waals surface area contributed by atoms with Crippen molar-refractivity contribution in [1.82, 2.24) is 0 Å². The van der Waals surface area contributed by atoms with E-state index >= 15 is 0 Å². The van der Waals surface area contributed by atoms with Gasteiger partial charge in [0.2, 0.25) is 0 Å². The molecule has 0 N–H and O–H groups in total. The first-order valence-electron chi connectivity index (χ1n) is 5.95. The van der Waals surface area contributed by atoms with Crippen molar-refractivity contribution in [1.29, 1.82) is 0 Å². The van der Waals surface area contributed by atoms with Crippen LogP contribution in [0.3, 0.4) is 0 Å². The van der Waals surface area contributed by atoms with E-state index in [-0.39, 0.29) is 11.6 Å². The van der Waals surface area contributed by atoms with Crippen molar-refractivity contribution < 1.29 is 9.59 Å². The van der Waals surface area contributed by atoms with E-state index in [1.807, 2.05) is 20.8 Å². The SMILES string of the molecule is CC(C)(C)C(=O)c1cccc(C(=O)C(C)(C)S)c1. The van der Waals surface area contributed by atoms with E-state index < -0.39 is 10.2 Å². The third-order valence-corrected chi connectivity index (χ3v) is 2.83. The Hall–Kier alpha value is -1.09. The van der Waals surface area contributed by atoms with Gasteiger partial charge in [-0.1, -0.05) is 39.0 Å². The Balaban J connectivity index is 3.16. The third kappa shape index (κ3) is 3.45. The van der Waals surface area contributed by atoms with Crippen molar-refractivity contribution in [2.45, 2.75) is 39.4 Å². The molecular weight excluding hydrogens is 244 g/mol. The second-order valence-electron chi connectivity index (χ2n) is 6.05. The van der Waals surface area contributed by atoms with Gasteiger partial charge in [0.1, 0.15) is 0 Å². The summed E-state index contributed by atoms with van der Waals surface area (Å²) in [6.07, 6.45) is 0. The van der Waals surface area contributed by atoms with Crippen molar-refractivity contribution in [3.63, 3.8) is 0 Å². The van der Waals surface area contributed by atoms with Gasteiger partial charge in [0.25, 0.3) is 0 Å². The number of thiol groups is 1. The Kier molecular flexibility index (Phi) is 4.06. The molecule has 0 radical (unpaired) electrons. The van der Waals surface area contributed by atoms with Gasteiger partial charge in [-0.3, -0.25) is 9.59 Å². The molecule has 98 valence electrons. The van der Waals surface area contributed by atoms with Crippen molar-refractivity contribution in [2.75, 3.05) is 0 Å². The van der Waals surface area contributed by atoms with E-state index in [9.17, 15) is 9.59 Å². The summed E-state index contributed by atoms with van der Waals surface area (Å²) in [5, 5.41) is 0. The predicted octanol–water partition coefficient (Wildman–Crippen LogP) is 3.81. The summed E-state index contributed by atoms with van der Waals surface area (Å²) in [6, 6.07) is 6.87. The molecule has 1 rings (SSSR count). The van der Waals surface area contributed by atoms with Gasteiger partial charge in [-0.2, -0.15) is 12.6 Å². The van der Waals surface area contributed by atoms with Crippen LogP contribution in [0.1, 0.15) is 55.3 Å². The fraction of sp³-hybridized carbons (Fsp3) is 0.467. The van der Waals surface area contributed by atoms with Gasteiger partial charge < -0.3 is 0 Å². The summed E-state index contributed by atoms with van der Waals surface area (Å²) < 4.78 is -0.733. The molecule has 2 nitrogen and oxygen atoms in total. The smallest absolute Gasteiger partial charge is 0.178 e. The highest BCUT2D eigenvalue weighted by Crippen LogP contribution is 2.24. The Morgan fingerprint density at radius 2 is 1.39 bits per heavy atom. The highest BCUT2D eigenvalue weighted by Gasteiger charge is 2.27. The number of carbonyl (C=O) groups excluding carboxylic acids is 2. The molecule has 1 aromatic rings. The zero-order valence-electron chi connectivity index (χ0n) is 11.6. The van der Waals surface area contributed by atoms with Crippen molar-refractivity contribution in [3.8, 4) is 0 Å². The fourth-order valence-electron chi connectivity index (χ4n) is 1.59. The highest BCUT2D eigenvalue weighted by atomic mass is 32.1. The van der Waals surface area contributed by atoms with Crippen LogP contribution in [-0.2, 0) is 0 Å². The first-order valence-corrected chi connectivity index (χ1v) is 6.40. The van der Waals surface area contributed by atoms with Gasteiger partial charge in [-0.25, -0.2) is 0 Å². The van der Waals surface area contributed by atoms with Gasteiger partial charge in [0, 0.05) is 16.5 Å². The van der Waals surface area contributed by atoms with E-state index in [1.165, 1.54) is 0 Å². The van der Waals surface area contributed by atoms with E-state index in [4.69, 9.17) is 0 Å². The minimum Gasteiger partial charge on any atom is -0.294 e. The zero-order chi connectivity index (χ0) is 14.1. The summed E-state index contributed by atoms with van der Waals surface area (Å²) in [5.41, 5.74) is 0.661. The predicted molar refractivity (Wildman–Crippen MR) is 77.6 cm³/mol. The fourth-order valence-corrected chi connectivity index (χ4v) is 1.72. The molecule has 1 aromatic carbocycles. The van der Waals surface area contributed by atoms with Gasteiger partial charge in [0.15, 0.2) is 11.6 Å². The molecule has 0 amide bonds. The molecule has 0 spiro atoms. The Morgan fingerprint density at radius 3 is 1.78 bits per heavy atom. The number of hydrogen-bond donors (Lipinski definition) is 1. The number of Topliss-reactive ketones (excluding diaryl/α,β-unsaturated/α-hetero) is 2. The second kappa shape index (κ2) is 4.88. The molecule has 0 saturated carbocycles. The van der Waals surface area contributed by atoms with E-state index in [1.54, 1.807) is 38.1 Å². The van der Waals surface area contributed by atoms with Crippen LogP contribution < -0.4 is 0 Å². The lowest BCUT2D eigenvalue weighted by molar-refractivity contribution is 0.0858. The second-order valence-corrected chi connectivity index (χ2v) is 7.17. The highest BCUT2D eigenvalue weighted by molar-refractivity contribution is 7.82. The van der Waals surface area contributed by atoms with Crippen LogP contribution in [0, 0.1) is 5.41 Å². The van der Waals surface area contributed by atoms with Crippen LogP contribution in [0.2, 0.25) is 0 Å². The van der Waals surface area contributed by atoms with Crippen LogP contribution in [0.5, 0.6) is 0 Å². The van der Waals surface area contributed by atoms with Crippen molar-refractivity contribution >= 4 is 24.2 Å². The Morgan fingerprint density at radius 1 is 0.944 bits per heavy atom. The number of benzene rings is 1. The molecule has 0 atom stereocenters. The normalized spacial score (nSPS) is 12.3. The third-order valence-electron chi connectivity index (χ3n) is 2.62. The van der Waals surface area contributed by atoms with E-state index in [2.05, 4.69) is 12.6 Å². The molecule has 0 aliphatic carbocycles. The van der Waals surface area contributed by atoms with Gasteiger partial charge in [0.05, 0.1) is 4.75 Å². The molecule has 3 heteroatoms. The zero-order valence-corrected chi connectivity index (χ0v) is 12.5. The molecule has 0 saturated heterocycles. The molecular formula is C15H20O2S. The maximum atomic E-state index is 12.2. The number of hydrogen-bond acceptors (Lipinski definition) is 3. The first kappa shape index (κ1) is 15.0. The van der Waals surface area contributed by atoms with Crippen LogP contribution in [0.25, 0.3) is 0 Å². The standard InChI is InChI=1S/C15H20O2S/c1-14(2,3)12(16)10-7-6-8-11(9-10)13(17)15(4,5)18/h6-9,18H,1-5H3. The first-order chi connectivity index (χ1) is 8.03. The summed E-state index contributed by atoms with van der Waals surface area (Å²) in [4.78, 5) is 24.3. The van der Waals surface area contributed by atoms with Gasteiger partial charge in [-0.15, -0.1) is 0 Å². The average molecular weight is 264 g/mol. The molecule has 0 aromatic heterocycles. The largest absolute Gasteiger partial charge is 0.294 e. The van der Waals surface area contributed by atoms with Crippen LogP contribution in [0.15, 0.2) is 24.3 Å². The minimum atomic E-state index is -0.733. The minimum absolute atomic E-state index is 0.0362. The van der Waals surface area contributed by atoms with Crippen LogP contribution in [-0.4, -0.2) is 16.3 Å².